The topological polar surface area (TPSA) is 58.6 Å². The minimum Gasteiger partial charge on any atom is -0.383 e. The minimum absolute atomic E-state index is 0.0609. The monoisotopic (exact) mass is 519 g/mol. The van der Waals surface area contributed by atoms with Gasteiger partial charge in [-0.2, -0.15) is 26.3 Å². The zero-order valence-corrected chi connectivity index (χ0v) is 19.1. The van der Waals surface area contributed by atoms with Crippen molar-refractivity contribution in [2.24, 2.45) is 5.92 Å². The molecule has 2 aliphatic rings. The number of hydrogen-bond donors (Lipinski definition) is 2. The fraction of sp³-hybridized carbons (Fsp3) is 0.480. The normalized spacial score (nSPS) is 29.0. The first kappa shape index (κ1) is 26.4. The smallest absolute Gasteiger partial charge is 0.383 e. The molecule has 36 heavy (non-hydrogen) atoms. The highest BCUT2D eigenvalue weighted by molar-refractivity contribution is 5.84. The van der Waals surface area contributed by atoms with Gasteiger partial charge in [-0.25, -0.2) is 4.39 Å². The maximum Gasteiger partial charge on any atom is 0.416 e. The summed E-state index contributed by atoms with van der Waals surface area (Å²) in [6.45, 7) is 1.26. The summed E-state index contributed by atoms with van der Waals surface area (Å²) in [7, 11) is 0. The van der Waals surface area contributed by atoms with Crippen molar-refractivity contribution in [3.8, 4) is 0 Å². The molecular weight excluding hydrogens is 495 g/mol. The number of alkyl halides is 6. The second-order valence-corrected chi connectivity index (χ2v) is 9.65. The molecule has 1 unspecified atom stereocenters. The third-order valence-corrected chi connectivity index (χ3v) is 7.11. The van der Waals surface area contributed by atoms with Crippen molar-refractivity contribution in [3.05, 3.63) is 70.5 Å². The van der Waals surface area contributed by atoms with Crippen LogP contribution in [-0.4, -0.2) is 28.8 Å². The first-order valence-corrected chi connectivity index (χ1v) is 11.3. The van der Waals surface area contributed by atoms with Crippen LogP contribution in [0.2, 0.25) is 0 Å². The van der Waals surface area contributed by atoms with Crippen molar-refractivity contribution in [1.29, 1.82) is 0 Å². The molecule has 4 rings (SSSR count). The molecule has 5 atom stereocenters. The molecule has 2 aromatic rings. The lowest BCUT2D eigenvalue weighted by Crippen LogP contribution is -2.47. The van der Waals surface area contributed by atoms with Crippen molar-refractivity contribution >= 4 is 5.91 Å². The third kappa shape index (κ3) is 5.36. The van der Waals surface area contributed by atoms with Gasteiger partial charge in [-0.05, 0) is 67.1 Å². The van der Waals surface area contributed by atoms with Crippen LogP contribution in [0.3, 0.4) is 0 Å². The SMILES string of the molecule is C[C@@]1(C2CC[C@H](OCc3cc(C(F)(F)F)cc(C(F)(F)F)c3)[C@H]2c2ccc(F)cc2)C[C@@H](O)C(=O)N1. The van der Waals surface area contributed by atoms with Crippen LogP contribution in [0, 0.1) is 11.7 Å². The van der Waals surface area contributed by atoms with E-state index in [1.807, 2.05) is 0 Å². The summed E-state index contributed by atoms with van der Waals surface area (Å²) in [5, 5.41) is 12.8. The van der Waals surface area contributed by atoms with Gasteiger partial charge >= 0.3 is 12.4 Å². The number of rotatable bonds is 5. The molecule has 1 saturated heterocycles. The van der Waals surface area contributed by atoms with Gasteiger partial charge in [0.25, 0.3) is 0 Å². The van der Waals surface area contributed by atoms with E-state index in [4.69, 9.17) is 4.74 Å². The maximum absolute atomic E-state index is 13.6. The second kappa shape index (κ2) is 9.33. The number of aliphatic hydroxyl groups is 1. The number of carbonyl (C=O) groups is 1. The predicted molar refractivity (Wildman–Crippen MR) is 114 cm³/mol. The number of ether oxygens (including phenoxy) is 1. The van der Waals surface area contributed by atoms with Crippen LogP contribution in [-0.2, 0) is 28.5 Å². The number of hydrogen-bond acceptors (Lipinski definition) is 3. The summed E-state index contributed by atoms with van der Waals surface area (Å²) in [6, 6.07) is 6.88. The van der Waals surface area contributed by atoms with E-state index in [9.17, 15) is 40.6 Å². The van der Waals surface area contributed by atoms with E-state index in [0.717, 1.165) is 0 Å². The van der Waals surface area contributed by atoms with Gasteiger partial charge in [0.05, 0.1) is 23.8 Å². The molecule has 11 heteroatoms. The van der Waals surface area contributed by atoms with Gasteiger partial charge in [0, 0.05) is 17.9 Å². The zero-order chi connectivity index (χ0) is 26.5. The Morgan fingerprint density at radius 2 is 1.58 bits per heavy atom. The van der Waals surface area contributed by atoms with Crippen LogP contribution in [0.25, 0.3) is 0 Å². The lowest BCUT2D eigenvalue weighted by Gasteiger charge is -2.37. The van der Waals surface area contributed by atoms with Crippen LogP contribution < -0.4 is 5.32 Å². The third-order valence-electron chi connectivity index (χ3n) is 7.11. The van der Waals surface area contributed by atoms with Crippen molar-refractivity contribution in [2.75, 3.05) is 0 Å². The Labute approximate surface area is 202 Å². The van der Waals surface area contributed by atoms with Gasteiger partial charge in [0.15, 0.2) is 0 Å². The fourth-order valence-corrected chi connectivity index (χ4v) is 5.46. The van der Waals surface area contributed by atoms with E-state index in [2.05, 4.69) is 5.32 Å². The van der Waals surface area contributed by atoms with Crippen LogP contribution in [0.15, 0.2) is 42.5 Å². The molecule has 1 aliphatic carbocycles. The molecule has 0 aromatic heterocycles. The Hall–Kier alpha value is -2.66. The predicted octanol–water partition coefficient (Wildman–Crippen LogP) is 5.58. The van der Waals surface area contributed by atoms with E-state index in [0.29, 0.717) is 30.5 Å². The summed E-state index contributed by atoms with van der Waals surface area (Å²) in [4.78, 5) is 12.0. The number of carbonyl (C=O) groups excluding carboxylic acids is 1. The first-order chi connectivity index (χ1) is 16.7. The minimum atomic E-state index is -4.97. The molecule has 196 valence electrons. The van der Waals surface area contributed by atoms with Crippen LogP contribution in [0.4, 0.5) is 30.7 Å². The summed E-state index contributed by atoms with van der Waals surface area (Å²) in [5.74, 6) is -1.73. The van der Waals surface area contributed by atoms with E-state index >= 15 is 0 Å². The van der Waals surface area contributed by atoms with Crippen molar-refractivity contribution < 1.29 is 45.4 Å². The molecule has 2 aromatic carbocycles. The highest BCUT2D eigenvalue weighted by atomic mass is 19.4. The lowest BCUT2D eigenvalue weighted by molar-refractivity contribution is -0.143. The van der Waals surface area contributed by atoms with Gasteiger partial charge in [0.1, 0.15) is 11.9 Å². The lowest BCUT2D eigenvalue weighted by atomic mass is 9.74. The standard InChI is InChI=1S/C25H24F7NO3/c1-23(11-19(34)22(35)33-23)18-6-7-20(21(18)14-2-4-17(26)5-3-14)36-12-13-8-15(24(27,28)29)10-16(9-13)25(30,31)32/h2-5,8-10,18-21,34H,6-7,11-12H2,1H3,(H,33,35)/t18?,19-,20+,21+,23+/m1/s1. The van der Waals surface area contributed by atoms with Gasteiger partial charge in [-0.3, -0.25) is 4.79 Å². The van der Waals surface area contributed by atoms with Crippen LogP contribution in [0.1, 0.15) is 54.4 Å². The van der Waals surface area contributed by atoms with Gasteiger partial charge in [-0.1, -0.05) is 12.1 Å². The molecule has 4 nitrogen and oxygen atoms in total. The highest BCUT2D eigenvalue weighted by Gasteiger charge is 2.52. The zero-order valence-electron chi connectivity index (χ0n) is 19.1. The average molecular weight is 519 g/mol. The number of amides is 1. The molecule has 2 fully saturated rings. The summed E-state index contributed by atoms with van der Waals surface area (Å²) < 4.78 is 98.9. The average Bonchev–Trinajstić information content (AvgIpc) is 3.32. The van der Waals surface area contributed by atoms with Gasteiger partial charge in [-0.15, -0.1) is 0 Å². The molecule has 0 bridgehead atoms. The molecule has 0 spiro atoms. The van der Waals surface area contributed by atoms with E-state index < -0.39 is 65.5 Å². The number of aliphatic hydroxyl groups excluding tert-OH is 1. The Bertz CT molecular complexity index is 1080. The van der Waals surface area contributed by atoms with E-state index in [1.54, 1.807) is 6.92 Å². The van der Waals surface area contributed by atoms with Crippen LogP contribution in [0.5, 0.6) is 0 Å². The summed E-state index contributed by atoms with van der Waals surface area (Å²) >= 11 is 0. The van der Waals surface area contributed by atoms with E-state index in [1.165, 1.54) is 24.3 Å². The Morgan fingerprint density at radius 3 is 2.08 bits per heavy atom. The van der Waals surface area contributed by atoms with Gasteiger partial charge < -0.3 is 15.2 Å². The molecule has 0 radical (unpaired) electrons. The van der Waals surface area contributed by atoms with Crippen molar-refractivity contribution in [2.45, 2.75) is 68.8 Å². The van der Waals surface area contributed by atoms with Crippen LogP contribution >= 0.6 is 0 Å². The second-order valence-electron chi connectivity index (χ2n) is 9.65. The largest absolute Gasteiger partial charge is 0.416 e. The highest BCUT2D eigenvalue weighted by Crippen LogP contribution is 2.49. The maximum atomic E-state index is 13.6. The Balaban J connectivity index is 1.63. The molecule has 2 N–H and O–H groups in total. The van der Waals surface area contributed by atoms with Gasteiger partial charge in [0.2, 0.25) is 5.91 Å². The van der Waals surface area contributed by atoms with Crippen molar-refractivity contribution in [3.63, 3.8) is 0 Å². The number of benzene rings is 2. The Morgan fingerprint density at radius 1 is 1.00 bits per heavy atom. The molecule has 1 aliphatic heterocycles. The van der Waals surface area contributed by atoms with Crippen molar-refractivity contribution in [1.82, 2.24) is 5.32 Å². The fourth-order valence-electron chi connectivity index (χ4n) is 5.46. The molecule has 1 saturated carbocycles. The summed E-state index contributed by atoms with van der Waals surface area (Å²) in [5.41, 5.74) is -3.31. The molecule has 1 heterocycles. The Kier molecular flexibility index (Phi) is 6.85. The summed E-state index contributed by atoms with van der Waals surface area (Å²) in [6.07, 6.45) is -10.7. The number of nitrogens with one attached hydrogen (secondary N) is 1. The molecular formula is C25H24F7NO3. The van der Waals surface area contributed by atoms with E-state index in [-0.39, 0.29) is 24.0 Å². The molecule has 1 amide bonds. The quantitative estimate of drug-likeness (QED) is 0.507. The number of halogens is 7. The first-order valence-electron chi connectivity index (χ1n) is 11.3.